The fraction of sp³-hybridized carbons (Fsp3) is 0.696. The molecule has 0 aromatic heterocycles. The molecule has 0 atom stereocenters. The van der Waals surface area contributed by atoms with Crippen LogP contribution in [0.2, 0.25) is 0 Å². The molecule has 1 aromatic carbocycles. The molecule has 182 valence electrons. The van der Waals surface area contributed by atoms with Crippen LogP contribution in [0.5, 0.6) is 0 Å². The number of benzene rings is 1. The van der Waals surface area contributed by atoms with E-state index in [1.807, 2.05) is 13.0 Å². The number of nitrogens with zero attached hydrogens (tertiary/aromatic N) is 3. The van der Waals surface area contributed by atoms with Crippen LogP contribution in [0.4, 0.5) is 13.2 Å². The highest BCUT2D eigenvalue weighted by Crippen LogP contribution is 2.45. The molecule has 1 aromatic rings. The Kier molecular flexibility index (Phi) is 10.5. The van der Waals surface area contributed by atoms with Gasteiger partial charge in [-0.1, -0.05) is 24.6 Å². The first-order valence-corrected chi connectivity index (χ1v) is 11.4. The Morgan fingerprint density at radius 1 is 1.09 bits per heavy atom. The van der Waals surface area contributed by atoms with Crippen LogP contribution in [0.3, 0.4) is 0 Å². The molecule has 1 aliphatic heterocycles. The average Bonchev–Trinajstić information content (AvgIpc) is 2.91. The molecular formula is C23H37F3IN5. The second-order valence-electron chi connectivity index (χ2n) is 8.83. The summed E-state index contributed by atoms with van der Waals surface area (Å²) in [6.45, 7) is 9.44. The zero-order valence-corrected chi connectivity index (χ0v) is 21.5. The molecule has 0 spiro atoms. The highest BCUT2D eigenvalue weighted by atomic mass is 127. The number of hydrogen-bond donors (Lipinski definition) is 2. The maximum atomic E-state index is 13.2. The van der Waals surface area contributed by atoms with Gasteiger partial charge in [-0.2, -0.15) is 13.2 Å². The van der Waals surface area contributed by atoms with E-state index in [2.05, 4.69) is 27.5 Å². The molecule has 2 N–H and O–H groups in total. The third kappa shape index (κ3) is 7.48. The zero-order chi connectivity index (χ0) is 22.3. The van der Waals surface area contributed by atoms with Crippen LogP contribution in [-0.2, 0) is 11.6 Å². The van der Waals surface area contributed by atoms with Gasteiger partial charge in [0.15, 0.2) is 5.96 Å². The summed E-state index contributed by atoms with van der Waals surface area (Å²) < 4.78 is 39.5. The van der Waals surface area contributed by atoms with Gasteiger partial charge in [0, 0.05) is 38.1 Å². The van der Waals surface area contributed by atoms with Crippen LogP contribution < -0.4 is 10.6 Å². The van der Waals surface area contributed by atoms with Crippen molar-refractivity contribution < 1.29 is 13.2 Å². The van der Waals surface area contributed by atoms with Crippen molar-refractivity contribution in [3.05, 3.63) is 35.4 Å². The Labute approximate surface area is 207 Å². The molecule has 3 rings (SSSR count). The van der Waals surface area contributed by atoms with Gasteiger partial charge in [0.05, 0.1) is 12.1 Å². The van der Waals surface area contributed by atoms with Crippen molar-refractivity contribution in [1.29, 1.82) is 0 Å². The van der Waals surface area contributed by atoms with E-state index in [0.29, 0.717) is 6.54 Å². The molecule has 5 nitrogen and oxygen atoms in total. The van der Waals surface area contributed by atoms with Gasteiger partial charge in [0.2, 0.25) is 0 Å². The molecule has 0 bridgehead atoms. The molecule has 1 heterocycles. The lowest BCUT2D eigenvalue weighted by Gasteiger charge is -2.41. The summed E-state index contributed by atoms with van der Waals surface area (Å²) >= 11 is 0. The summed E-state index contributed by atoms with van der Waals surface area (Å²) in [5.74, 6) is 0.743. The lowest BCUT2D eigenvalue weighted by atomic mass is 9.64. The number of halogens is 4. The Hall–Kier alpha value is -1.07. The smallest absolute Gasteiger partial charge is 0.357 e. The first-order chi connectivity index (χ1) is 14.8. The van der Waals surface area contributed by atoms with Gasteiger partial charge in [-0.25, -0.2) is 0 Å². The summed E-state index contributed by atoms with van der Waals surface area (Å²) in [5, 5.41) is 6.69. The Balaban J connectivity index is 0.00000363. The van der Waals surface area contributed by atoms with Crippen molar-refractivity contribution in [1.82, 2.24) is 20.4 Å². The van der Waals surface area contributed by atoms with Crippen LogP contribution in [0.15, 0.2) is 29.3 Å². The zero-order valence-electron chi connectivity index (χ0n) is 19.2. The minimum atomic E-state index is -4.32. The van der Waals surface area contributed by atoms with Gasteiger partial charge in [-0.05, 0) is 58.0 Å². The molecule has 1 saturated carbocycles. The van der Waals surface area contributed by atoms with Crippen LogP contribution >= 0.6 is 24.0 Å². The molecule has 32 heavy (non-hydrogen) atoms. The predicted octanol–water partition coefficient (Wildman–Crippen LogP) is 3.94. The molecule has 1 saturated heterocycles. The standard InChI is InChI=1S/C23H36F3N5.HI/c1-3-27-21(28-11-14-31-13-6-12-30(2)15-16-31)29-18-22(9-5-10-22)19-7-4-8-20(17-19)23(24,25)26;/h4,7-8,17H,3,5-6,9-16,18H2,1-2H3,(H2,27,28,29);1H. The molecule has 0 unspecified atom stereocenters. The Bertz CT molecular complexity index is 737. The van der Waals surface area contributed by atoms with E-state index in [-0.39, 0.29) is 29.4 Å². The number of alkyl halides is 3. The molecule has 2 aliphatic rings. The predicted molar refractivity (Wildman–Crippen MR) is 135 cm³/mol. The summed E-state index contributed by atoms with van der Waals surface area (Å²) in [7, 11) is 2.17. The molecular weight excluding hydrogens is 530 g/mol. The van der Waals surface area contributed by atoms with Crippen molar-refractivity contribution in [2.75, 3.05) is 59.4 Å². The topological polar surface area (TPSA) is 42.9 Å². The maximum absolute atomic E-state index is 13.2. The quantitative estimate of drug-likeness (QED) is 0.298. The van der Waals surface area contributed by atoms with Gasteiger partial charge in [0.25, 0.3) is 0 Å². The number of rotatable bonds is 7. The fourth-order valence-electron chi connectivity index (χ4n) is 4.40. The monoisotopic (exact) mass is 567 g/mol. The lowest BCUT2D eigenvalue weighted by molar-refractivity contribution is -0.137. The van der Waals surface area contributed by atoms with Gasteiger partial charge in [-0.3, -0.25) is 4.99 Å². The SMILES string of the molecule is CCNC(=NCC1(c2cccc(C(F)(F)F)c2)CCC1)NCCN1CCCN(C)CC1.I. The van der Waals surface area contributed by atoms with E-state index in [1.54, 1.807) is 0 Å². The second kappa shape index (κ2) is 12.4. The van der Waals surface area contributed by atoms with Crippen LogP contribution in [0.1, 0.15) is 43.7 Å². The van der Waals surface area contributed by atoms with Gasteiger partial charge in [-0.15, -0.1) is 24.0 Å². The Morgan fingerprint density at radius 2 is 1.88 bits per heavy atom. The highest BCUT2D eigenvalue weighted by molar-refractivity contribution is 14.0. The summed E-state index contributed by atoms with van der Waals surface area (Å²) in [4.78, 5) is 9.61. The van der Waals surface area contributed by atoms with E-state index in [1.165, 1.54) is 18.6 Å². The van der Waals surface area contributed by atoms with Gasteiger partial charge >= 0.3 is 6.18 Å². The third-order valence-electron chi connectivity index (χ3n) is 6.53. The van der Waals surface area contributed by atoms with Crippen LogP contribution in [0.25, 0.3) is 0 Å². The highest BCUT2D eigenvalue weighted by Gasteiger charge is 2.40. The number of aliphatic imine (C=N–C) groups is 1. The second-order valence-corrected chi connectivity index (χ2v) is 8.83. The van der Waals surface area contributed by atoms with Crippen molar-refractivity contribution in [2.45, 2.75) is 44.2 Å². The Morgan fingerprint density at radius 3 is 2.53 bits per heavy atom. The molecule has 0 amide bonds. The maximum Gasteiger partial charge on any atom is 0.416 e. The fourth-order valence-corrected chi connectivity index (χ4v) is 4.40. The molecule has 0 radical (unpaired) electrons. The van der Waals surface area contributed by atoms with Gasteiger partial charge < -0.3 is 20.4 Å². The first-order valence-electron chi connectivity index (χ1n) is 11.4. The third-order valence-corrected chi connectivity index (χ3v) is 6.53. The normalized spacial score (nSPS) is 20.1. The minimum Gasteiger partial charge on any atom is -0.357 e. The van der Waals surface area contributed by atoms with Crippen LogP contribution in [0, 0.1) is 0 Å². The van der Waals surface area contributed by atoms with Crippen molar-refractivity contribution in [3.63, 3.8) is 0 Å². The van der Waals surface area contributed by atoms with E-state index >= 15 is 0 Å². The van der Waals surface area contributed by atoms with E-state index < -0.39 is 11.7 Å². The lowest BCUT2D eigenvalue weighted by Crippen LogP contribution is -2.44. The van der Waals surface area contributed by atoms with Crippen molar-refractivity contribution in [2.24, 2.45) is 4.99 Å². The average molecular weight is 567 g/mol. The van der Waals surface area contributed by atoms with Crippen molar-refractivity contribution in [3.8, 4) is 0 Å². The molecule has 9 heteroatoms. The largest absolute Gasteiger partial charge is 0.416 e. The summed E-state index contributed by atoms with van der Waals surface area (Å²) in [5.41, 5.74) is -0.117. The number of likely N-dealkylation sites (N-methyl/N-ethyl adjacent to an activating group) is 1. The van der Waals surface area contributed by atoms with Crippen molar-refractivity contribution >= 4 is 29.9 Å². The molecule has 2 fully saturated rings. The van der Waals surface area contributed by atoms with E-state index in [9.17, 15) is 13.2 Å². The minimum absolute atomic E-state index is 0. The number of guanidine groups is 1. The molecule has 1 aliphatic carbocycles. The number of nitrogens with one attached hydrogen (secondary N) is 2. The van der Waals surface area contributed by atoms with Crippen LogP contribution in [-0.4, -0.2) is 75.2 Å². The first kappa shape index (κ1) is 27.2. The summed E-state index contributed by atoms with van der Waals surface area (Å²) in [6.07, 6.45) is -0.358. The summed E-state index contributed by atoms with van der Waals surface area (Å²) in [6, 6.07) is 5.79. The van der Waals surface area contributed by atoms with Gasteiger partial charge in [0.1, 0.15) is 0 Å². The van der Waals surface area contributed by atoms with E-state index in [4.69, 9.17) is 4.99 Å². The van der Waals surface area contributed by atoms with E-state index in [0.717, 1.165) is 82.7 Å². The number of hydrogen-bond acceptors (Lipinski definition) is 3.